The molecule has 0 amide bonds. The lowest BCUT2D eigenvalue weighted by Gasteiger charge is -2.08. The summed E-state index contributed by atoms with van der Waals surface area (Å²) in [4.78, 5) is 0. The molecule has 4 aromatic rings. The maximum atomic E-state index is 2.44. The van der Waals surface area contributed by atoms with Gasteiger partial charge in [-0.2, -0.15) is 0 Å². The van der Waals surface area contributed by atoms with Crippen LogP contribution >= 0.6 is 22.6 Å². The van der Waals surface area contributed by atoms with E-state index in [1.54, 1.807) is 0 Å². The van der Waals surface area contributed by atoms with Crippen molar-refractivity contribution in [1.82, 2.24) is 4.57 Å². The van der Waals surface area contributed by atoms with Crippen molar-refractivity contribution in [3.63, 3.8) is 0 Å². The van der Waals surface area contributed by atoms with E-state index < -0.39 is 0 Å². The highest BCUT2D eigenvalue weighted by Gasteiger charge is 2.09. The zero-order chi connectivity index (χ0) is 14.2. The van der Waals surface area contributed by atoms with Crippen LogP contribution in [0.5, 0.6) is 0 Å². The van der Waals surface area contributed by atoms with Gasteiger partial charge in [-0.1, -0.05) is 60.7 Å². The molecule has 0 aliphatic rings. The number of hydrogen-bond donors (Lipinski definition) is 0. The van der Waals surface area contributed by atoms with Gasteiger partial charge in [0.15, 0.2) is 0 Å². The Labute approximate surface area is 137 Å². The van der Waals surface area contributed by atoms with Crippen LogP contribution < -0.4 is 0 Å². The van der Waals surface area contributed by atoms with Crippen LogP contribution in [0.15, 0.2) is 72.8 Å². The first-order valence-electron chi connectivity index (χ1n) is 7.03. The van der Waals surface area contributed by atoms with E-state index in [0.717, 1.165) is 6.54 Å². The first-order valence-corrected chi connectivity index (χ1v) is 8.11. The molecule has 0 aliphatic carbocycles. The fourth-order valence-electron chi connectivity index (χ4n) is 2.91. The van der Waals surface area contributed by atoms with Crippen molar-refractivity contribution >= 4 is 44.3 Å². The number of fused-ring (bicyclic) bond motifs is 3. The monoisotopic (exact) mass is 383 g/mol. The Hall–Kier alpha value is -1.81. The molecule has 1 nitrogen and oxygen atoms in total. The van der Waals surface area contributed by atoms with E-state index in [9.17, 15) is 0 Å². The normalized spacial score (nSPS) is 11.3. The Morgan fingerprint density at radius 3 is 2.38 bits per heavy atom. The summed E-state index contributed by atoms with van der Waals surface area (Å²) in [5.41, 5.74) is 2.64. The van der Waals surface area contributed by atoms with Crippen LogP contribution in [0.4, 0.5) is 0 Å². The zero-order valence-electron chi connectivity index (χ0n) is 11.5. The van der Waals surface area contributed by atoms with Crippen LogP contribution in [0, 0.1) is 3.70 Å². The van der Waals surface area contributed by atoms with Crippen molar-refractivity contribution in [3.8, 4) is 0 Å². The van der Waals surface area contributed by atoms with Gasteiger partial charge >= 0.3 is 0 Å². The molecule has 0 atom stereocenters. The summed E-state index contributed by atoms with van der Waals surface area (Å²) >= 11 is 2.44. The van der Waals surface area contributed by atoms with Crippen molar-refractivity contribution < 1.29 is 0 Å². The molecule has 0 aliphatic heterocycles. The Kier molecular flexibility index (Phi) is 3.19. The van der Waals surface area contributed by atoms with E-state index in [4.69, 9.17) is 0 Å². The van der Waals surface area contributed by atoms with Crippen LogP contribution in [0.1, 0.15) is 5.56 Å². The molecule has 0 saturated heterocycles. The largest absolute Gasteiger partial charge is 0.331 e. The van der Waals surface area contributed by atoms with Gasteiger partial charge in [0.05, 0.1) is 3.70 Å². The Morgan fingerprint density at radius 1 is 0.762 bits per heavy atom. The third kappa shape index (κ3) is 2.23. The molecule has 3 aromatic carbocycles. The van der Waals surface area contributed by atoms with E-state index in [0.29, 0.717) is 0 Å². The third-order valence-electron chi connectivity index (χ3n) is 3.94. The highest BCUT2D eigenvalue weighted by atomic mass is 127. The molecule has 0 N–H and O–H groups in total. The van der Waals surface area contributed by atoms with Crippen molar-refractivity contribution in [2.45, 2.75) is 6.54 Å². The second-order valence-electron chi connectivity index (χ2n) is 5.26. The van der Waals surface area contributed by atoms with Gasteiger partial charge in [0.25, 0.3) is 0 Å². The number of aromatic nitrogens is 1. The Balaban J connectivity index is 1.93. The summed E-state index contributed by atoms with van der Waals surface area (Å²) in [5.74, 6) is 0. The minimum Gasteiger partial charge on any atom is -0.331 e. The molecule has 1 heterocycles. The summed E-state index contributed by atoms with van der Waals surface area (Å²) in [7, 11) is 0. The summed E-state index contributed by atoms with van der Waals surface area (Å²) in [5, 5.41) is 3.98. The van der Waals surface area contributed by atoms with Crippen LogP contribution in [-0.2, 0) is 6.54 Å². The quantitative estimate of drug-likeness (QED) is 0.406. The zero-order valence-corrected chi connectivity index (χ0v) is 13.6. The van der Waals surface area contributed by atoms with E-state index in [-0.39, 0.29) is 0 Å². The maximum absolute atomic E-state index is 2.44. The molecule has 21 heavy (non-hydrogen) atoms. The van der Waals surface area contributed by atoms with Crippen molar-refractivity contribution in [1.29, 1.82) is 0 Å². The van der Waals surface area contributed by atoms with Crippen LogP contribution in [-0.4, -0.2) is 4.57 Å². The Bertz CT molecular complexity index is 922. The number of rotatable bonds is 2. The molecular weight excluding hydrogens is 369 g/mol. The minimum atomic E-state index is 0.918. The number of halogens is 1. The molecule has 0 saturated carbocycles. The van der Waals surface area contributed by atoms with E-state index in [2.05, 4.69) is 100.0 Å². The summed E-state index contributed by atoms with van der Waals surface area (Å²) in [6, 6.07) is 26.0. The standard InChI is InChI=1S/C19H14IN/c20-19-12-17-16-9-5-4-8-15(16)10-11-18(17)21(19)13-14-6-2-1-3-7-14/h1-12H,13H2. The van der Waals surface area contributed by atoms with Gasteiger partial charge in [0, 0.05) is 17.4 Å². The molecule has 0 unspecified atom stereocenters. The van der Waals surface area contributed by atoms with E-state index in [1.165, 1.54) is 30.9 Å². The molecule has 102 valence electrons. The van der Waals surface area contributed by atoms with Crippen molar-refractivity contribution in [2.75, 3.05) is 0 Å². The second-order valence-corrected chi connectivity index (χ2v) is 6.36. The number of nitrogens with zero attached hydrogens (tertiary/aromatic N) is 1. The van der Waals surface area contributed by atoms with Crippen molar-refractivity contribution in [3.05, 3.63) is 82.1 Å². The lowest BCUT2D eigenvalue weighted by molar-refractivity contribution is 0.815. The SMILES string of the molecule is Ic1cc2c3ccccc3ccc2n1Cc1ccccc1. The topological polar surface area (TPSA) is 4.93 Å². The molecular formula is C19H14IN. The van der Waals surface area contributed by atoms with Gasteiger partial charge in [-0.3, -0.25) is 0 Å². The van der Waals surface area contributed by atoms with Crippen molar-refractivity contribution in [2.24, 2.45) is 0 Å². The highest BCUT2D eigenvalue weighted by Crippen LogP contribution is 2.29. The lowest BCUT2D eigenvalue weighted by Crippen LogP contribution is -2.01. The fraction of sp³-hybridized carbons (Fsp3) is 0.0526. The predicted octanol–water partition coefficient (Wildman–Crippen LogP) is 5.45. The number of hydrogen-bond acceptors (Lipinski definition) is 0. The first kappa shape index (κ1) is 12.9. The molecule has 0 radical (unpaired) electrons. The average molecular weight is 383 g/mol. The van der Waals surface area contributed by atoms with Crippen LogP contribution in [0.2, 0.25) is 0 Å². The highest BCUT2D eigenvalue weighted by molar-refractivity contribution is 14.1. The third-order valence-corrected chi connectivity index (χ3v) is 4.84. The van der Waals surface area contributed by atoms with E-state index in [1.807, 2.05) is 0 Å². The van der Waals surface area contributed by atoms with Gasteiger partial charge in [-0.15, -0.1) is 0 Å². The lowest BCUT2D eigenvalue weighted by atomic mass is 10.1. The minimum absolute atomic E-state index is 0.918. The molecule has 0 spiro atoms. The smallest absolute Gasteiger partial charge is 0.0812 e. The number of benzene rings is 3. The van der Waals surface area contributed by atoms with Gasteiger partial charge in [-0.25, -0.2) is 0 Å². The summed E-state index contributed by atoms with van der Waals surface area (Å²) < 4.78 is 3.67. The van der Waals surface area contributed by atoms with Gasteiger partial charge in [-0.05, 0) is 51.1 Å². The Morgan fingerprint density at radius 2 is 1.52 bits per heavy atom. The molecule has 2 heteroatoms. The molecule has 0 bridgehead atoms. The molecule has 0 fully saturated rings. The summed E-state index contributed by atoms with van der Waals surface area (Å²) in [6.07, 6.45) is 0. The van der Waals surface area contributed by atoms with Gasteiger partial charge in [0.1, 0.15) is 0 Å². The fourth-order valence-corrected chi connectivity index (χ4v) is 3.65. The predicted molar refractivity (Wildman–Crippen MR) is 97.7 cm³/mol. The van der Waals surface area contributed by atoms with Gasteiger partial charge < -0.3 is 4.57 Å². The average Bonchev–Trinajstić information content (AvgIpc) is 2.85. The second kappa shape index (κ2) is 5.19. The first-order chi connectivity index (χ1) is 10.3. The molecule has 4 rings (SSSR count). The molecule has 1 aromatic heterocycles. The summed E-state index contributed by atoms with van der Waals surface area (Å²) in [6.45, 7) is 0.918. The van der Waals surface area contributed by atoms with Crippen LogP contribution in [0.25, 0.3) is 21.7 Å². The van der Waals surface area contributed by atoms with Gasteiger partial charge in [0.2, 0.25) is 0 Å². The maximum Gasteiger partial charge on any atom is 0.0812 e. The van der Waals surface area contributed by atoms with E-state index >= 15 is 0 Å². The van der Waals surface area contributed by atoms with Crippen LogP contribution in [0.3, 0.4) is 0 Å².